The lowest BCUT2D eigenvalue weighted by Gasteiger charge is -2.31. The summed E-state index contributed by atoms with van der Waals surface area (Å²) in [5.41, 5.74) is 0.0870. The molecule has 1 amide bonds. The molecule has 0 unspecified atom stereocenters. The first-order valence-corrected chi connectivity index (χ1v) is 7.58. The predicted octanol–water partition coefficient (Wildman–Crippen LogP) is 2.16. The molecule has 1 aromatic carbocycles. The first-order valence-electron chi connectivity index (χ1n) is 7.20. The smallest absolute Gasteiger partial charge is 0.270 e. The normalized spacial score (nSPS) is 17.4. The van der Waals surface area contributed by atoms with Crippen LogP contribution in [0.25, 0.3) is 10.9 Å². The number of nitrogens with one attached hydrogen (secondary N) is 1. The standard InChI is InChI=1S/C16H17ClN2O3/c17-12-3-1-11-2-4-13(19-14(11)9-12)15(20)18-10-16(21)5-7-22-8-6-16/h1-4,9,21H,5-8,10H2,(H,18,20). The van der Waals surface area contributed by atoms with Gasteiger partial charge in [-0.05, 0) is 18.2 Å². The van der Waals surface area contributed by atoms with Gasteiger partial charge in [0.25, 0.3) is 5.91 Å². The fourth-order valence-electron chi connectivity index (χ4n) is 2.48. The maximum absolute atomic E-state index is 12.2. The molecular formula is C16H17ClN2O3. The fourth-order valence-corrected chi connectivity index (χ4v) is 2.65. The topological polar surface area (TPSA) is 71.5 Å². The Hall–Kier alpha value is -1.69. The Kier molecular flexibility index (Phi) is 4.29. The van der Waals surface area contributed by atoms with Crippen molar-refractivity contribution in [2.45, 2.75) is 18.4 Å². The highest BCUT2D eigenvalue weighted by Crippen LogP contribution is 2.20. The molecule has 0 radical (unpaired) electrons. The summed E-state index contributed by atoms with van der Waals surface area (Å²) >= 11 is 5.95. The van der Waals surface area contributed by atoms with Crippen molar-refractivity contribution in [3.63, 3.8) is 0 Å². The van der Waals surface area contributed by atoms with Crippen LogP contribution >= 0.6 is 11.6 Å². The summed E-state index contributed by atoms with van der Waals surface area (Å²) < 4.78 is 5.22. The Morgan fingerprint density at radius 2 is 2.05 bits per heavy atom. The van der Waals surface area contributed by atoms with Crippen LogP contribution in [0.5, 0.6) is 0 Å². The third kappa shape index (κ3) is 3.38. The molecule has 1 aliphatic rings. The van der Waals surface area contributed by atoms with Crippen molar-refractivity contribution >= 4 is 28.4 Å². The van der Waals surface area contributed by atoms with Crippen LogP contribution in [0, 0.1) is 0 Å². The number of benzene rings is 1. The first-order chi connectivity index (χ1) is 10.6. The average molecular weight is 321 g/mol. The third-order valence-electron chi connectivity index (χ3n) is 3.89. The first kappa shape index (κ1) is 15.2. The third-order valence-corrected chi connectivity index (χ3v) is 4.12. The van der Waals surface area contributed by atoms with Gasteiger partial charge in [0.2, 0.25) is 0 Å². The molecule has 116 valence electrons. The van der Waals surface area contributed by atoms with Gasteiger partial charge in [0.15, 0.2) is 0 Å². The molecule has 2 heterocycles. The van der Waals surface area contributed by atoms with E-state index in [4.69, 9.17) is 16.3 Å². The Balaban J connectivity index is 1.71. The Morgan fingerprint density at radius 3 is 2.82 bits per heavy atom. The zero-order valence-electron chi connectivity index (χ0n) is 12.0. The van der Waals surface area contributed by atoms with E-state index >= 15 is 0 Å². The van der Waals surface area contributed by atoms with Crippen LogP contribution in [0.15, 0.2) is 30.3 Å². The Morgan fingerprint density at radius 1 is 1.32 bits per heavy atom. The summed E-state index contributed by atoms with van der Waals surface area (Å²) in [5.74, 6) is -0.304. The van der Waals surface area contributed by atoms with Gasteiger partial charge in [-0.15, -0.1) is 0 Å². The number of pyridine rings is 1. The molecule has 0 bridgehead atoms. The van der Waals surface area contributed by atoms with Gasteiger partial charge in [-0.25, -0.2) is 4.98 Å². The lowest BCUT2D eigenvalue weighted by Crippen LogP contribution is -2.46. The quantitative estimate of drug-likeness (QED) is 0.909. The largest absolute Gasteiger partial charge is 0.388 e. The lowest BCUT2D eigenvalue weighted by molar-refractivity contribution is -0.0605. The van der Waals surface area contributed by atoms with E-state index in [1.807, 2.05) is 12.1 Å². The molecular weight excluding hydrogens is 304 g/mol. The van der Waals surface area contributed by atoms with Crippen LogP contribution in [-0.4, -0.2) is 41.4 Å². The molecule has 22 heavy (non-hydrogen) atoms. The molecule has 0 aliphatic carbocycles. The molecule has 0 spiro atoms. The van der Waals surface area contributed by atoms with Crippen LogP contribution in [0.2, 0.25) is 5.02 Å². The van der Waals surface area contributed by atoms with E-state index in [0.717, 1.165) is 5.39 Å². The molecule has 2 N–H and O–H groups in total. The van der Waals surface area contributed by atoms with Crippen molar-refractivity contribution < 1.29 is 14.6 Å². The number of hydrogen-bond donors (Lipinski definition) is 2. The van der Waals surface area contributed by atoms with Crippen molar-refractivity contribution in [1.82, 2.24) is 10.3 Å². The fraction of sp³-hybridized carbons (Fsp3) is 0.375. The maximum atomic E-state index is 12.2. The van der Waals surface area contributed by atoms with Crippen molar-refractivity contribution in [2.75, 3.05) is 19.8 Å². The molecule has 1 aliphatic heterocycles. The number of rotatable bonds is 3. The van der Waals surface area contributed by atoms with Gasteiger partial charge in [-0.2, -0.15) is 0 Å². The molecule has 0 saturated carbocycles. The highest BCUT2D eigenvalue weighted by atomic mass is 35.5. The molecule has 1 fully saturated rings. The molecule has 3 rings (SSSR count). The minimum absolute atomic E-state index is 0.199. The summed E-state index contributed by atoms with van der Waals surface area (Å²) in [6, 6.07) is 8.86. The second-order valence-corrected chi connectivity index (χ2v) is 5.99. The summed E-state index contributed by atoms with van der Waals surface area (Å²) in [7, 11) is 0. The van der Waals surface area contributed by atoms with E-state index in [0.29, 0.717) is 42.3 Å². The van der Waals surface area contributed by atoms with E-state index in [2.05, 4.69) is 10.3 Å². The van der Waals surface area contributed by atoms with E-state index in [-0.39, 0.29) is 12.5 Å². The second kappa shape index (κ2) is 6.20. The molecule has 1 aromatic heterocycles. The number of nitrogens with zero attached hydrogens (tertiary/aromatic N) is 1. The van der Waals surface area contributed by atoms with Crippen LogP contribution in [0.1, 0.15) is 23.3 Å². The van der Waals surface area contributed by atoms with Gasteiger partial charge in [0.05, 0.1) is 11.1 Å². The maximum Gasteiger partial charge on any atom is 0.270 e. The number of halogens is 1. The zero-order valence-corrected chi connectivity index (χ0v) is 12.8. The number of aromatic nitrogens is 1. The number of fused-ring (bicyclic) bond motifs is 1. The van der Waals surface area contributed by atoms with Crippen LogP contribution in [0.4, 0.5) is 0 Å². The van der Waals surface area contributed by atoms with Gasteiger partial charge in [-0.3, -0.25) is 4.79 Å². The molecule has 1 saturated heterocycles. The molecule has 6 heteroatoms. The Bertz CT molecular complexity index is 699. The number of carbonyl (C=O) groups excluding carboxylic acids is 1. The molecule has 2 aromatic rings. The number of aliphatic hydroxyl groups is 1. The zero-order chi connectivity index (χ0) is 15.6. The second-order valence-electron chi connectivity index (χ2n) is 5.55. The van der Waals surface area contributed by atoms with Gasteiger partial charge in [-0.1, -0.05) is 23.7 Å². The highest BCUT2D eigenvalue weighted by molar-refractivity contribution is 6.31. The molecule has 0 atom stereocenters. The minimum atomic E-state index is -0.895. The average Bonchev–Trinajstić information content (AvgIpc) is 2.52. The number of hydrogen-bond acceptors (Lipinski definition) is 4. The van der Waals surface area contributed by atoms with Crippen molar-refractivity contribution in [2.24, 2.45) is 0 Å². The van der Waals surface area contributed by atoms with Crippen molar-refractivity contribution in [3.8, 4) is 0 Å². The van der Waals surface area contributed by atoms with Crippen molar-refractivity contribution in [1.29, 1.82) is 0 Å². The Labute approximate surface area is 133 Å². The number of carbonyl (C=O) groups is 1. The number of amides is 1. The minimum Gasteiger partial charge on any atom is -0.388 e. The number of ether oxygens (including phenoxy) is 1. The van der Waals surface area contributed by atoms with Crippen LogP contribution in [-0.2, 0) is 4.74 Å². The van der Waals surface area contributed by atoms with Crippen LogP contribution < -0.4 is 5.32 Å². The summed E-state index contributed by atoms with van der Waals surface area (Å²) in [5, 5.41) is 14.6. The van der Waals surface area contributed by atoms with Crippen molar-refractivity contribution in [3.05, 3.63) is 41.0 Å². The summed E-state index contributed by atoms with van der Waals surface area (Å²) in [6.45, 7) is 1.22. The predicted molar refractivity (Wildman–Crippen MR) is 84.1 cm³/mol. The van der Waals surface area contributed by atoms with Gasteiger partial charge in [0, 0.05) is 43.0 Å². The van der Waals surface area contributed by atoms with E-state index in [1.54, 1.807) is 18.2 Å². The van der Waals surface area contributed by atoms with E-state index in [9.17, 15) is 9.90 Å². The van der Waals surface area contributed by atoms with E-state index in [1.165, 1.54) is 0 Å². The monoisotopic (exact) mass is 320 g/mol. The van der Waals surface area contributed by atoms with Gasteiger partial charge in [0.1, 0.15) is 5.69 Å². The molecule has 5 nitrogen and oxygen atoms in total. The summed E-state index contributed by atoms with van der Waals surface area (Å²) in [6.07, 6.45) is 1.04. The van der Waals surface area contributed by atoms with Gasteiger partial charge < -0.3 is 15.2 Å². The van der Waals surface area contributed by atoms with E-state index < -0.39 is 5.60 Å². The summed E-state index contributed by atoms with van der Waals surface area (Å²) in [4.78, 5) is 16.5. The van der Waals surface area contributed by atoms with Crippen LogP contribution in [0.3, 0.4) is 0 Å². The van der Waals surface area contributed by atoms with Gasteiger partial charge >= 0.3 is 0 Å². The highest BCUT2D eigenvalue weighted by Gasteiger charge is 2.30. The lowest BCUT2D eigenvalue weighted by atomic mass is 9.94. The SMILES string of the molecule is O=C(NCC1(O)CCOCC1)c1ccc2ccc(Cl)cc2n1.